The Balaban J connectivity index is 2.40. The van der Waals surface area contributed by atoms with Gasteiger partial charge in [-0.25, -0.2) is 0 Å². The van der Waals surface area contributed by atoms with Gasteiger partial charge in [0.25, 0.3) is 17.3 Å². The van der Waals surface area contributed by atoms with E-state index in [1.807, 2.05) is 0 Å². The van der Waals surface area contributed by atoms with E-state index >= 15 is 0 Å². The van der Waals surface area contributed by atoms with Crippen molar-refractivity contribution in [1.82, 2.24) is 0 Å². The molecule has 2 aromatic rings. The van der Waals surface area contributed by atoms with Gasteiger partial charge in [-0.05, 0) is 25.1 Å². The van der Waals surface area contributed by atoms with Crippen LogP contribution in [-0.2, 0) is 0 Å². The van der Waals surface area contributed by atoms with Crippen molar-refractivity contribution < 1.29 is 19.4 Å². The van der Waals surface area contributed by atoms with Crippen molar-refractivity contribution in [2.45, 2.75) is 6.92 Å². The summed E-state index contributed by atoms with van der Waals surface area (Å²) in [5, 5.41) is 24.9. The number of methoxy groups -OCH3 is 1. The van der Waals surface area contributed by atoms with E-state index in [9.17, 15) is 25.0 Å². The van der Waals surface area contributed by atoms with E-state index in [2.05, 4.69) is 5.32 Å². The number of nitro benzene ring substituents is 2. The highest BCUT2D eigenvalue weighted by Gasteiger charge is 2.25. The maximum Gasteiger partial charge on any atom is 0.279 e. The fourth-order valence-corrected chi connectivity index (χ4v) is 2.40. The van der Waals surface area contributed by atoms with Crippen molar-refractivity contribution >= 4 is 34.6 Å². The van der Waals surface area contributed by atoms with Gasteiger partial charge >= 0.3 is 0 Å². The molecule has 0 heterocycles. The summed E-state index contributed by atoms with van der Waals surface area (Å²) < 4.78 is 4.99. The second-order valence-electron chi connectivity index (χ2n) is 4.96. The zero-order valence-corrected chi connectivity index (χ0v) is 13.9. The van der Waals surface area contributed by atoms with Crippen LogP contribution in [0, 0.1) is 27.2 Å². The topological polar surface area (TPSA) is 125 Å². The monoisotopic (exact) mass is 365 g/mol. The van der Waals surface area contributed by atoms with Crippen LogP contribution in [0.4, 0.5) is 17.1 Å². The fourth-order valence-electron chi connectivity index (χ4n) is 2.14. The normalized spacial score (nSPS) is 10.2. The van der Waals surface area contributed by atoms with Gasteiger partial charge < -0.3 is 10.1 Å². The van der Waals surface area contributed by atoms with Crippen LogP contribution in [-0.4, -0.2) is 22.9 Å². The van der Waals surface area contributed by atoms with Crippen LogP contribution in [0.1, 0.15) is 15.9 Å². The molecule has 2 rings (SSSR count). The number of nitrogens with one attached hydrogen (secondary N) is 1. The zero-order valence-electron chi connectivity index (χ0n) is 13.1. The van der Waals surface area contributed by atoms with Gasteiger partial charge in [-0.15, -0.1) is 0 Å². The number of carbonyl (C=O) groups is 1. The Bertz CT molecular complexity index is 849. The molecule has 0 aliphatic carbocycles. The quantitative estimate of drug-likeness (QED) is 0.635. The molecule has 2 aromatic carbocycles. The first-order chi connectivity index (χ1) is 11.7. The standard InChI is InChI=1S/C15H12ClN3O6/c1-8-12(18(21)22)5-9(6-13(8)19(23)24)15(20)17-10-3-4-14(25-2)11(16)7-10/h3-7H,1-2H3,(H,17,20). The van der Waals surface area contributed by atoms with Crippen molar-refractivity contribution in [1.29, 1.82) is 0 Å². The van der Waals surface area contributed by atoms with E-state index in [4.69, 9.17) is 16.3 Å². The Kier molecular flexibility index (Phi) is 5.18. The van der Waals surface area contributed by atoms with E-state index in [0.29, 0.717) is 11.4 Å². The molecule has 0 fully saturated rings. The lowest BCUT2D eigenvalue weighted by Gasteiger charge is -2.09. The first-order valence-electron chi connectivity index (χ1n) is 6.83. The van der Waals surface area contributed by atoms with E-state index in [1.165, 1.54) is 32.2 Å². The Morgan fingerprint density at radius 1 is 1.12 bits per heavy atom. The van der Waals surface area contributed by atoms with Crippen molar-refractivity contribution in [3.8, 4) is 5.75 Å². The van der Waals surface area contributed by atoms with E-state index in [1.54, 1.807) is 0 Å². The molecule has 0 bridgehead atoms. The predicted molar refractivity (Wildman–Crippen MR) is 90.4 cm³/mol. The fraction of sp³-hybridized carbons (Fsp3) is 0.133. The Morgan fingerprint density at radius 3 is 2.12 bits per heavy atom. The van der Waals surface area contributed by atoms with Crippen LogP contribution in [0.25, 0.3) is 0 Å². The van der Waals surface area contributed by atoms with Gasteiger partial charge in [-0.1, -0.05) is 11.6 Å². The average Bonchev–Trinajstić information content (AvgIpc) is 2.54. The summed E-state index contributed by atoms with van der Waals surface area (Å²) in [6.07, 6.45) is 0. The van der Waals surface area contributed by atoms with E-state index in [0.717, 1.165) is 12.1 Å². The third-order valence-electron chi connectivity index (χ3n) is 3.42. The summed E-state index contributed by atoms with van der Waals surface area (Å²) >= 11 is 5.96. The van der Waals surface area contributed by atoms with Crippen LogP contribution in [0.2, 0.25) is 5.02 Å². The van der Waals surface area contributed by atoms with Gasteiger partial charge in [0, 0.05) is 17.8 Å². The molecule has 10 heteroatoms. The molecule has 130 valence electrons. The van der Waals surface area contributed by atoms with Gasteiger partial charge in [0.2, 0.25) is 0 Å². The Hall–Kier alpha value is -3.20. The van der Waals surface area contributed by atoms with Crippen molar-refractivity contribution in [2.24, 2.45) is 0 Å². The highest BCUT2D eigenvalue weighted by Crippen LogP contribution is 2.31. The number of ether oxygens (including phenoxy) is 1. The van der Waals surface area contributed by atoms with Crippen molar-refractivity contribution in [2.75, 3.05) is 12.4 Å². The molecule has 0 atom stereocenters. The molecule has 0 spiro atoms. The molecule has 9 nitrogen and oxygen atoms in total. The second kappa shape index (κ2) is 7.14. The van der Waals surface area contributed by atoms with Gasteiger partial charge in [-0.3, -0.25) is 25.0 Å². The summed E-state index contributed by atoms with van der Waals surface area (Å²) in [7, 11) is 1.43. The van der Waals surface area contributed by atoms with Crippen LogP contribution in [0.3, 0.4) is 0 Å². The number of hydrogen-bond acceptors (Lipinski definition) is 6. The summed E-state index contributed by atoms with van der Waals surface area (Å²) in [4.78, 5) is 32.9. The Labute approximate surface area is 146 Å². The molecule has 0 aliphatic rings. The molecule has 1 N–H and O–H groups in total. The third-order valence-corrected chi connectivity index (χ3v) is 3.71. The summed E-state index contributed by atoms with van der Waals surface area (Å²) in [6.45, 7) is 1.25. The van der Waals surface area contributed by atoms with Crippen LogP contribution < -0.4 is 10.1 Å². The Morgan fingerprint density at radius 2 is 1.68 bits per heavy atom. The molecular weight excluding hydrogens is 354 g/mol. The van der Waals surface area contributed by atoms with Gasteiger partial charge in [-0.2, -0.15) is 0 Å². The smallest absolute Gasteiger partial charge is 0.279 e. The molecular formula is C15H12ClN3O6. The van der Waals surface area contributed by atoms with Crippen molar-refractivity contribution in [3.05, 3.63) is 66.7 Å². The highest BCUT2D eigenvalue weighted by molar-refractivity contribution is 6.32. The number of benzene rings is 2. The molecule has 1 amide bonds. The summed E-state index contributed by atoms with van der Waals surface area (Å²) in [5.74, 6) is -0.339. The minimum absolute atomic E-state index is 0.126. The van der Waals surface area contributed by atoms with Gasteiger partial charge in [0.15, 0.2) is 0 Å². The number of halogens is 1. The second-order valence-corrected chi connectivity index (χ2v) is 5.36. The highest BCUT2D eigenvalue weighted by atomic mass is 35.5. The molecule has 0 unspecified atom stereocenters. The molecule has 0 saturated heterocycles. The number of carbonyl (C=O) groups excluding carboxylic acids is 1. The maximum atomic E-state index is 12.3. The number of amides is 1. The predicted octanol–water partition coefficient (Wildman–Crippen LogP) is 3.73. The minimum atomic E-state index is -0.774. The lowest BCUT2D eigenvalue weighted by atomic mass is 10.1. The SMILES string of the molecule is COc1ccc(NC(=O)c2cc([N+](=O)[O-])c(C)c([N+](=O)[O-])c2)cc1Cl. The summed E-state index contributed by atoms with van der Waals surface area (Å²) in [5.41, 5.74) is -1.05. The number of nitro groups is 2. The largest absolute Gasteiger partial charge is 0.495 e. The number of nitrogens with zero attached hydrogens (tertiary/aromatic N) is 2. The first kappa shape index (κ1) is 18.1. The zero-order chi connectivity index (χ0) is 18.7. The molecule has 0 saturated carbocycles. The van der Waals surface area contributed by atoms with Crippen LogP contribution in [0.5, 0.6) is 5.75 Å². The van der Waals surface area contributed by atoms with E-state index < -0.39 is 27.1 Å². The maximum absolute atomic E-state index is 12.3. The van der Waals surface area contributed by atoms with Gasteiger partial charge in [0.1, 0.15) is 11.3 Å². The van der Waals surface area contributed by atoms with Gasteiger partial charge in [0.05, 0.1) is 27.5 Å². The minimum Gasteiger partial charge on any atom is -0.495 e. The molecule has 0 radical (unpaired) electrons. The van der Waals surface area contributed by atoms with Crippen molar-refractivity contribution in [3.63, 3.8) is 0 Å². The molecule has 0 aromatic heterocycles. The average molecular weight is 366 g/mol. The number of rotatable bonds is 5. The lowest BCUT2D eigenvalue weighted by Crippen LogP contribution is -2.13. The van der Waals surface area contributed by atoms with Crippen LogP contribution in [0.15, 0.2) is 30.3 Å². The summed E-state index contributed by atoms with van der Waals surface area (Å²) in [6, 6.07) is 6.44. The third kappa shape index (κ3) is 3.83. The lowest BCUT2D eigenvalue weighted by molar-refractivity contribution is -0.395. The van der Waals surface area contributed by atoms with E-state index in [-0.39, 0.29) is 16.1 Å². The first-order valence-corrected chi connectivity index (χ1v) is 7.20. The van der Waals surface area contributed by atoms with Crippen LogP contribution >= 0.6 is 11.6 Å². The number of anilines is 1. The molecule has 0 aliphatic heterocycles. The molecule has 25 heavy (non-hydrogen) atoms. The number of hydrogen-bond donors (Lipinski definition) is 1.